The molecule has 0 aliphatic carbocycles. The van der Waals surface area contributed by atoms with E-state index in [-0.39, 0.29) is 29.7 Å². The van der Waals surface area contributed by atoms with Crippen LogP contribution in [0.4, 0.5) is 5.69 Å². The van der Waals surface area contributed by atoms with Crippen LogP contribution in [0.5, 0.6) is 0 Å². The number of benzene rings is 3. The van der Waals surface area contributed by atoms with E-state index in [0.29, 0.717) is 30.6 Å². The fourth-order valence-corrected chi connectivity index (χ4v) is 4.85. The normalized spacial score (nSPS) is 17.5. The van der Waals surface area contributed by atoms with Gasteiger partial charge in [0.1, 0.15) is 5.78 Å². The van der Waals surface area contributed by atoms with E-state index in [1.165, 1.54) is 0 Å². The van der Waals surface area contributed by atoms with Gasteiger partial charge in [-0.3, -0.25) is 14.4 Å². The van der Waals surface area contributed by atoms with Crippen LogP contribution < -0.4 is 21.3 Å². The minimum absolute atomic E-state index is 0.0877. The van der Waals surface area contributed by atoms with Gasteiger partial charge in [0.05, 0.1) is 18.2 Å². The molecule has 1 aliphatic heterocycles. The Kier molecular flexibility index (Phi) is 9.46. The van der Waals surface area contributed by atoms with Crippen molar-refractivity contribution in [1.82, 2.24) is 16.0 Å². The molecular weight excluding hydrogens is 492 g/mol. The molecule has 1 aliphatic rings. The smallest absolute Gasteiger partial charge is 0.251 e. The van der Waals surface area contributed by atoms with Crippen molar-refractivity contribution in [2.24, 2.45) is 0 Å². The molecule has 0 aromatic heterocycles. The molecule has 5 N–H and O–H groups in total. The summed E-state index contributed by atoms with van der Waals surface area (Å²) >= 11 is 0. The average Bonchev–Trinajstić information content (AvgIpc) is 2.97. The Balaban J connectivity index is 1.55. The maximum absolute atomic E-state index is 13.5. The second-order valence-corrected chi connectivity index (χ2v) is 9.97. The summed E-state index contributed by atoms with van der Waals surface area (Å²) in [4.78, 5) is 38.7. The third kappa shape index (κ3) is 7.52. The third-order valence-electron chi connectivity index (χ3n) is 7.09. The Bertz CT molecular complexity index is 1280. The zero-order valence-electron chi connectivity index (χ0n) is 22.3. The number of Topliss-reactive ketones (excluding diaryl/α,β-unsaturated/α-hetero) is 1. The molecule has 1 fully saturated rings. The number of anilines is 1. The summed E-state index contributed by atoms with van der Waals surface area (Å²) in [6, 6.07) is 22.8. The highest BCUT2D eigenvalue weighted by Crippen LogP contribution is 2.19. The highest BCUT2D eigenvalue weighted by Gasteiger charge is 2.32. The number of ketones is 1. The van der Waals surface area contributed by atoms with Crippen molar-refractivity contribution < 1.29 is 19.5 Å². The van der Waals surface area contributed by atoms with E-state index in [9.17, 15) is 19.5 Å². The van der Waals surface area contributed by atoms with Gasteiger partial charge in [-0.25, -0.2) is 0 Å². The quantitative estimate of drug-likeness (QED) is 0.276. The van der Waals surface area contributed by atoms with E-state index in [1.807, 2.05) is 67.6 Å². The monoisotopic (exact) mass is 528 g/mol. The molecule has 8 nitrogen and oxygen atoms in total. The van der Waals surface area contributed by atoms with E-state index in [2.05, 4.69) is 21.3 Å². The van der Waals surface area contributed by atoms with E-state index in [1.54, 1.807) is 25.2 Å². The summed E-state index contributed by atoms with van der Waals surface area (Å²) in [5.74, 6) is -0.632. The van der Waals surface area contributed by atoms with Gasteiger partial charge in [0.25, 0.3) is 11.8 Å². The topological polar surface area (TPSA) is 120 Å². The van der Waals surface area contributed by atoms with Crippen LogP contribution in [0.3, 0.4) is 0 Å². The number of rotatable bonds is 10. The average molecular weight is 529 g/mol. The number of amides is 2. The molecule has 2 amide bonds. The van der Waals surface area contributed by atoms with Crippen LogP contribution in [-0.2, 0) is 11.2 Å². The lowest BCUT2D eigenvalue weighted by Gasteiger charge is -2.33. The summed E-state index contributed by atoms with van der Waals surface area (Å²) in [7, 11) is 1.72. The standard InChI is InChI=1S/C31H36N4O4/c1-20(22-11-7-4-8-12-22)34-30(38)23-16-24(18-25(17-23)32-2)31(39)35-28(15-21-9-5-3-6-10-21)29(37)27-19-26(36)13-14-33-27/h3-12,16-18,20,27-29,32-33,37H,13-15,19H2,1-2H3,(H,34,38)(H,35,39). The lowest BCUT2D eigenvalue weighted by molar-refractivity contribution is -0.121. The van der Waals surface area contributed by atoms with Crippen molar-refractivity contribution in [3.05, 3.63) is 101 Å². The molecule has 1 saturated heterocycles. The molecule has 0 saturated carbocycles. The predicted octanol–water partition coefficient (Wildman–Crippen LogP) is 3.24. The summed E-state index contributed by atoms with van der Waals surface area (Å²) in [6.45, 7) is 2.40. The fourth-order valence-electron chi connectivity index (χ4n) is 4.85. The SMILES string of the molecule is CNc1cc(C(=O)NC(C)c2ccccc2)cc(C(=O)NC(Cc2ccccc2)C(O)C2CC(=O)CCN2)c1. The highest BCUT2D eigenvalue weighted by molar-refractivity contribution is 6.01. The number of aliphatic hydroxyl groups excluding tert-OH is 1. The number of nitrogens with one attached hydrogen (secondary N) is 4. The Morgan fingerprint density at radius 1 is 0.949 bits per heavy atom. The molecule has 0 bridgehead atoms. The molecule has 39 heavy (non-hydrogen) atoms. The molecule has 3 aromatic rings. The molecule has 0 radical (unpaired) electrons. The van der Waals surface area contributed by atoms with Gasteiger partial charge in [-0.15, -0.1) is 0 Å². The van der Waals surface area contributed by atoms with Crippen LogP contribution in [-0.4, -0.2) is 54.5 Å². The van der Waals surface area contributed by atoms with E-state index in [4.69, 9.17) is 0 Å². The van der Waals surface area contributed by atoms with Crippen molar-refractivity contribution in [3.63, 3.8) is 0 Å². The number of carbonyl (C=O) groups is 3. The maximum atomic E-state index is 13.5. The first-order chi connectivity index (χ1) is 18.8. The van der Waals surface area contributed by atoms with Crippen LogP contribution in [0.25, 0.3) is 0 Å². The zero-order chi connectivity index (χ0) is 27.8. The van der Waals surface area contributed by atoms with Crippen molar-refractivity contribution in [1.29, 1.82) is 0 Å². The summed E-state index contributed by atoms with van der Waals surface area (Å²) < 4.78 is 0. The molecule has 3 aromatic carbocycles. The predicted molar refractivity (Wildman–Crippen MR) is 152 cm³/mol. The van der Waals surface area contributed by atoms with Gasteiger partial charge in [0, 0.05) is 49.3 Å². The summed E-state index contributed by atoms with van der Waals surface area (Å²) in [6.07, 6.45) is 0.0408. The number of piperidine rings is 1. The van der Waals surface area contributed by atoms with Gasteiger partial charge >= 0.3 is 0 Å². The summed E-state index contributed by atoms with van der Waals surface area (Å²) in [5, 5.41) is 23.5. The Labute approximate surface area is 229 Å². The molecule has 1 heterocycles. The zero-order valence-corrected chi connectivity index (χ0v) is 22.3. The maximum Gasteiger partial charge on any atom is 0.251 e. The van der Waals surface area contributed by atoms with Crippen LogP contribution in [0, 0.1) is 0 Å². The van der Waals surface area contributed by atoms with Gasteiger partial charge in [-0.2, -0.15) is 0 Å². The fraction of sp³-hybridized carbons (Fsp3) is 0.323. The lowest BCUT2D eigenvalue weighted by Crippen LogP contribution is -2.56. The molecule has 4 rings (SSSR count). The van der Waals surface area contributed by atoms with E-state index < -0.39 is 24.1 Å². The van der Waals surface area contributed by atoms with Crippen molar-refractivity contribution in [3.8, 4) is 0 Å². The first kappa shape index (κ1) is 28.0. The van der Waals surface area contributed by atoms with Crippen LogP contribution in [0.2, 0.25) is 0 Å². The highest BCUT2D eigenvalue weighted by atomic mass is 16.3. The van der Waals surface area contributed by atoms with Gasteiger partial charge in [-0.1, -0.05) is 60.7 Å². The van der Waals surface area contributed by atoms with E-state index >= 15 is 0 Å². The van der Waals surface area contributed by atoms with Gasteiger partial charge < -0.3 is 26.4 Å². The largest absolute Gasteiger partial charge is 0.389 e. The summed E-state index contributed by atoms with van der Waals surface area (Å²) in [5.41, 5.74) is 3.16. The first-order valence-electron chi connectivity index (χ1n) is 13.3. The van der Waals surface area contributed by atoms with Gasteiger partial charge in [0.15, 0.2) is 0 Å². The Hall–Kier alpha value is -4.01. The molecule has 4 unspecified atom stereocenters. The molecule has 8 heteroatoms. The number of hydrogen-bond acceptors (Lipinski definition) is 6. The molecule has 204 valence electrons. The second-order valence-electron chi connectivity index (χ2n) is 9.97. The van der Waals surface area contributed by atoms with Crippen LogP contribution >= 0.6 is 0 Å². The number of aliphatic hydroxyl groups is 1. The molecular formula is C31H36N4O4. The number of carbonyl (C=O) groups excluding carboxylic acids is 3. The second kappa shape index (κ2) is 13.2. The third-order valence-corrected chi connectivity index (χ3v) is 7.09. The molecule has 4 atom stereocenters. The van der Waals surface area contributed by atoms with Crippen molar-refractivity contribution >= 4 is 23.3 Å². The first-order valence-corrected chi connectivity index (χ1v) is 13.3. The minimum atomic E-state index is -0.986. The Morgan fingerprint density at radius 2 is 1.56 bits per heavy atom. The minimum Gasteiger partial charge on any atom is -0.389 e. The lowest BCUT2D eigenvalue weighted by atomic mass is 9.90. The van der Waals surface area contributed by atoms with Gasteiger partial charge in [0.2, 0.25) is 0 Å². The molecule has 0 spiro atoms. The van der Waals surface area contributed by atoms with Crippen LogP contribution in [0.15, 0.2) is 78.9 Å². The number of hydrogen-bond donors (Lipinski definition) is 5. The van der Waals surface area contributed by atoms with Gasteiger partial charge in [-0.05, 0) is 42.7 Å². The van der Waals surface area contributed by atoms with Crippen molar-refractivity contribution in [2.75, 3.05) is 18.9 Å². The van der Waals surface area contributed by atoms with Crippen LogP contribution in [0.1, 0.15) is 57.7 Å². The van der Waals surface area contributed by atoms with Crippen molar-refractivity contribution in [2.45, 2.75) is 50.4 Å². The Morgan fingerprint density at radius 3 is 2.18 bits per heavy atom. The van der Waals surface area contributed by atoms with E-state index in [0.717, 1.165) is 11.1 Å².